The van der Waals surface area contributed by atoms with E-state index in [0.717, 1.165) is 62.1 Å². The SMILES string of the molecule is Cc1ccccc1C(=O)N(C)CC1CCN(CCc2ccccc2F)CC1. The minimum Gasteiger partial charge on any atom is -0.341 e. The van der Waals surface area contributed by atoms with Crippen molar-refractivity contribution < 1.29 is 9.18 Å². The van der Waals surface area contributed by atoms with Crippen molar-refractivity contribution in [2.75, 3.05) is 33.2 Å². The first-order chi connectivity index (χ1) is 13.0. The summed E-state index contributed by atoms with van der Waals surface area (Å²) in [6, 6.07) is 14.8. The van der Waals surface area contributed by atoms with Crippen molar-refractivity contribution in [1.82, 2.24) is 9.80 Å². The van der Waals surface area contributed by atoms with Crippen LogP contribution in [0.25, 0.3) is 0 Å². The predicted octanol–water partition coefficient (Wildman–Crippen LogP) is 4.16. The molecule has 1 saturated heterocycles. The average Bonchev–Trinajstić information content (AvgIpc) is 2.68. The first-order valence-corrected chi connectivity index (χ1v) is 9.81. The normalized spacial score (nSPS) is 15.7. The van der Waals surface area contributed by atoms with Gasteiger partial charge < -0.3 is 9.80 Å². The van der Waals surface area contributed by atoms with Gasteiger partial charge in [0, 0.05) is 25.7 Å². The van der Waals surface area contributed by atoms with E-state index in [1.165, 1.54) is 6.07 Å². The quantitative estimate of drug-likeness (QED) is 0.764. The number of likely N-dealkylation sites (tertiary alicyclic amines) is 1. The van der Waals surface area contributed by atoms with Crippen LogP contribution in [0.4, 0.5) is 4.39 Å². The van der Waals surface area contributed by atoms with Crippen LogP contribution in [-0.2, 0) is 6.42 Å². The van der Waals surface area contributed by atoms with E-state index < -0.39 is 0 Å². The van der Waals surface area contributed by atoms with E-state index in [0.29, 0.717) is 5.92 Å². The maximum atomic E-state index is 13.7. The van der Waals surface area contributed by atoms with E-state index in [4.69, 9.17) is 0 Å². The fourth-order valence-electron chi connectivity index (χ4n) is 3.86. The number of amides is 1. The highest BCUT2D eigenvalue weighted by Gasteiger charge is 2.23. The van der Waals surface area contributed by atoms with Crippen LogP contribution in [0.1, 0.15) is 34.3 Å². The summed E-state index contributed by atoms with van der Waals surface area (Å²) in [5.41, 5.74) is 2.61. The molecule has 0 radical (unpaired) electrons. The van der Waals surface area contributed by atoms with Crippen molar-refractivity contribution in [3.05, 3.63) is 71.0 Å². The van der Waals surface area contributed by atoms with Gasteiger partial charge in [0.25, 0.3) is 5.91 Å². The highest BCUT2D eigenvalue weighted by molar-refractivity contribution is 5.95. The van der Waals surface area contributed by atoms with Gasteiger partial charge in [0.15, 0.2) is 0 Å². The summed E-state index contributed by atoms with van der Waals surface area (Å²) in [6.07, 6.45) is 2.92. The summed E-state index contributed by atoms with van der Waals surface area (Å²) in [6.45, 7) is 5.71. The van der Waals surface area contributed by atoms with Crippen molar-refractivity contribution in [3.8, 4) is 0 Å². The van der Waals surface area contributed by atoms with E-state index in [1.807, 2.05) is 55.3 Å². The lowest BCUT2D eigenvalue weighted by Gasteiger charge is -2.34. The Labute approximate surface area is 161 Å². The number of benzene rings is 2. The molecule has 0 spiro atoms. The maximum Gasteiger partial charge on any atom is 0.253 e. The zero-order valence-electron chi connectivity index (χ0n) is 16.3. The topological polar surface area (TPSA) is 23.6 Å². The number of carbonyl (C=O) groups is 1. The third kappa shape index (κ3) is 5.16. The minimum atomic E-state index is -0.108. The van der Waals surface area contributed by atoms with Gasteiger partial charge in [-0.3, -0.25) is 4.79 Å². The van der Waals surface area contributed by atoms with E-state index in [1.54, 1.807) is 6.07 Å². The second-order valence-corrected chi connectivity index (χ2v) is 7.63. The Kier molecular flexibility index (Phi) is 6.62. The minimum absolute atomic E-state index is 0.107. The fraction of sp³-hybridized carbons (Fsp3) is 0.435. The Morgan fingerprint density at radius 3 is 2.48 bits per heavy atom. The lowest BCUT2D eigenvalue weighted by Crippen LogP contribution is -2.40. The second-order valence-electron chi connectivity index (χ2n) is 7.63. The van der Waals surface area contributed by atoms with E-state index >= 15 is 0 Å². The largest absolute Gasteiger partial charge is 0.341 e. The van der Waals surface area contributed by atoms with Gasteiger partial charge >= 0.3 is 0 Å². The molecule has 1 fully saturated rings. The van der Waals surface area contributed by atoms with Crippen LogP contribution in [0, 0.1) is 18.7 Å². The van der Waals surface area contributed by atoms with Crippen LogP contribution in [0.3, 0.4) is 0 Å². The van der Waals surface area contributed by atoms with Gasteiger partial charge in [-0.05, 0) is 68.5 Å². The molecule has 3 rings (SSSR count). The molecule has 0 aromatic heterocycles. The van der Waals surface area contributed by atoms with Gasteiger partial charge in [0.1, 0.15) is 5.82 Å². The molecule has 0 saturated carbocycles. The van der Waals surface area contributed by atoms with Crippen molar-refractivity contribution in [1.29, 1.82) is 0 Å². The monoisotopic (exact) mass is 368 g/mol. The molecule has 1 aliphatic rings. The van der Waals surface area contributed by atoms with Gasteiger partial charge in [0.2, 0.25) is 0 Å². The van der Waals surface area contributed by atoms with Crippen LogP contribution < -0.4 is 0 Å². The van der Waals surface area contributed by atoms with Crippen LogP contribution >= 0.6 is 0 Å². The van der Waals surface area contributed by atoms with E-state index in [2.05, 4.69) is 4.90 Å². The third-order valence-electron chi connectivity index (χ3n) is 5.62. The van der Waals surface area contributed by atoms with Gasteiger partial charge in [-0.1, -0.05) is 36.4 Å². The molecule has 0 N–H and O–H groups in total. The molecule has 144 valence electrons. The molecule has 0 bridgehead atoms. The van der Waals surface area contributed by atoms with Crippen molar-refractivity contribution in [2.24, 2.45) is 5.92 Å². The first-order valence-electron chi connectivity index (χ1n) is 9.81. The van der Waals surface area contributed by atoms with Gasteiger partial charge in [-0.25, -0.2) is 4.39 Å². The number of nitrogens with zero attached hydrogens (tertiary/aromatic N) is 2. The standard InChI is InChI=1S/C23H29FN2O/c1-18-7-3-5-9-21(18)23(27)25(2)17-19-11-14-26(15-12-19)16-13-20-8-4-6-10-22(20)24/h3-10,19H,11-17H2,1-2H3. The van der Waals surface area contributed by atoms with Gasteiger partial charge in [0.05, 0.1) is 0 Å². The summed E-state index contributed by atoms with van der Waals surface area (Å²) in [4.78, 5) is 16.9. The fourth-order valence-corrected chi connectivity index (χ4v) is 3.86. The first kappa shape index (κ1) is 19.6. The van der Waals surface area contributed by atoms with E-state index in [-0.39, 0.29) is 11.7 Å². The molecule has 0 aliphatic carbocycles. The smallest absolute Gasteiger partial charge is 0.253 e. The summed E-state index contributed by atoms with van der Waals surface area (Å²) >= 11 is 0. The highest BCUT2D eigenvalue weighted by Crippen LogP contribution is 2.20. The van der Waals surface area contributed by atoms with Crippen molar-refractivity contribution in [2.45, 2.75) is 26.2 Å². The molecule has 2 aromatic carbocycles. The lowest BCUT2D eigenvalue weighted by molar-refractivity contribution is 0.0739. The summed E-state index contributed by atoms with van der Waals surface area (Å²) in [5.74, 6) is 0.534. The Morgan fingerprint density at radius 2 is 1.78 bits per heavy atom. The lowest BCUT2D eigenvalue weighted by atomic mass is 9.95. The van der Waals surface area contributed by atoms with Crippen LogP contribution in [-0.4, -0.2) is 48.9 Å². The summed E-state index contributed by atoms with van der Waals surface area (Å²) in [5, 5.41) is 0. The molecule has 4 heteroatoms. The Hall–Kier alpha value is -2.20. The molecule has 3 nitrogen and oxygen atoms in total. The number of aryl methyl sites for hydroxylation is 1. The van der Waals surface area contributed by atoms with Crippen molar-refractivity contribution >= 4 is 5.91 Å². The molecule has 27 heavy (non-hydrogen) atoms. The molecule has 1 amide bonds. The maximum absolute atomic E-state index is 13.7. The predicted molar refractivity (Wildman–Crippen MR) is 107 cm³/mol. The van der Waals surface area contributed by atoms with E-state index in [9.17, 15) is 9.18 Å². The van der Waals surface area contributed by atoms with Gasteiger partial charge in [-0.2, -0.15) is 0 Å². The number of rotatable bonds is 6. The van der Waals surface area contributed by atoms with Crippen LogP contribution in [0.15, 0.2) is 48.5 Å². The number of hydrogen-bond acceptors (Lipinski definition) is 2. The van der Waals surface area contributed by atoms with Gasteiger partial charge in [-0.15, -0.1) is 0 Å². The summed E-state index contributed by atoms with van der Waals surface area (Å²) < 4.78 is 13.7. The average molecular weight is 368 g/mol. The van der Waals surface area contributed by atoms with Crippen molar-refractivity contribution in [3.63, 3.8) is 0 Å². The third-order valence-corrected chi connectivity index (χ3v) is 5.62. The second kappa shape index (κ2) is 9.14. The number of halogens is 1. The Bertz CT molecular complexity index is 768. The Morgan fingerprint density at radius 1 is 1.11 bits per heavy atom. The molecule has 2 aromatic rings. The zero-order chi connectivity index (χ0) is 19.2. The molecule has 1 heterocycles. The molecule has 0 unspecified atom stereocenters. The zero-order valence-corrected chi connectivity index (χ0v) is 16.3. The van der Waals surface area contributed by atoms with Crippen LogP contribution in [0.2, 0.25) is 0 Å². The Balaban J connectivity index is 1.44. The molecule has 1 aliphatic heterocycles. The molecule has 0 atom stereocenters. The number of carbonyl (C=O) groups excluding carboxylic acids is 1. The molecular formula is C23H29FN2O. The van der Waals surface area contributed by atoms with Crippen LogP contribution in [0.5, 0.6) is 0 Å². The molecular weight excluding hydrogens is 339 g/mol. The summed E-state index contributed by atoms with van der Waals surface area (Å²) in [7, 11) is 1.90. The number of hydrogen-bond donors (Lipinski definition) is 0. The highest BCUT2D eigenvalue weighted by atomic mass is 19.1. The number of piperidine rings is 1.